The van der Waals surface area contributed by atoms with E-state index in [4.69, 9.17) is 5.73 Å². The molecule has 2 rings (SSSR count). The van der Waals surface area contributed by atoms with Gasteiger partial charge in [-0.25, -0.2) is 13.1 Å². The fourth-order valence-corrected chi connectivity index (χ4v) is 3.07. The van der Waals surface area contributed by atoms with Crippen molar-refractivity contribution >= 4 is 28.3 Å². The van der Waals surface area contributed by atoms with Crippen molar-refractivity contribution in [3.05, 3.63) is 29.8 Å². The van der Waals surface area contributed by atoms with Crippen LogP contribution in [-0.2, 0) is 10.0 Å². The van der Waals surface area contributed by atoms with E-state index in [9.17, 15) is 13.2 Å². The van der Waals surface area contributed by atoms with Crippen LogP contribution >= 0.6 is 12.4 Å². The molecular formula is C14H22ClN3O3S. The zero-order chi connectivity index (χ0) is 15.7. The van der Waals surface area contributed by atoms with Gasteiger partial charge in [0.15, 0.2) is 0 Å². The molecule has 1 fully saturated rings. The van der Waals surface area contributed by atoms with Crippen LogP contribution in [0.4, 0.5) is 0 Å². The summed E-state index contributed by atoms with van der Waals surface area (Å²) in [5, 5.41) is 2.77. The van der Waals surface area contributed by atoms with Crippen molar-refractivity contribution in [1.29, 1.82) is 0 Å². The molecule has 1 amide bonds. The number of nitrogens with two attached hydrogens (primary N) is 1. The molecule has 124 valence electrons. The second-order valence-electron chi connectivity index (χ2n) is 5.97. The molecule has 6 nitrogen and oxygen atoms in total. The van der Waals surface area contributed by atoms with Crippen molar-refractivity contribution in [2.75, 3.05) is 6.54 Å². The van der Waals surface area contributed by atoms with E-state index in [-0.39, 0.29) is 29.3 Å². The van der Waals surface area contributed by atoms with Crippen molar-refractivity contribution in [3.63, 3.8) is 0 Å². The van der Waals surface area contributed by atoms with Gasteiger partial charge in [0.05, 0.1) is 4.90 Å². The molecule has 0 atom stereocenters. The van der Waals surface area contributed by atoms with Gasteiger partial charge in [0.1, 0.15) is 0 Å². The summed E-state index contributed by atoms with van der Waals surface area (Å²) in [4.78, 5) is 12.3. The summed E-state index contributed by atoms with van der Waals surface area (Å²) < 4.78 is 26.9. The Balaban J connectivity index is 0.00000242. The quantitative estimate of drug-likeness (QED) is 0.715. The number of sulfonamides is 1. The molecule has 0 heterocycles. The first kappa shape index (κ1) is 18.9. The lowest BCUT2D eigenvalue weighted by Gasteiger charge is -2.24. The second kappa shape index (κ2) is 6.95. The summed E-state index contributed by atoms with van der Waals surface area (Å²) in [7, 11) is -3.56. The molecule has 1 aromatic carbocycles. The Morgan fingerprint density at radius 3 is 2.55 bits per heavy atom. The van der Waals surface area contributed by atoms with E-state index in [1.54, 1.807) is 26.0 Å². The van der Waals surface area contributed by atoms with Crippen molar-refractivity contribution < 1.29 is 13.2 Å². The van der Waals surface area contributed by atoms with Gasteiger partial charge < -0.3 is 11.1 Å². The van der Waals surface area contributed by atoms with Gasteiger partial charge >= 0.3 is 0 Å². The highest BCUT2D eigenvalue weighted by Crippen LogP contribution is 2.22. The number of benzene rings is 1. The Hall–Kier alpha value is -1.15. The SMILES string of the molecule is CC(C)(CN)NC(=O)c1cccc(S(=O)(=O)NC2CC2)c1.Cl. The number of hydrogen-bond donors (Lipinski definition) is 3. The minimum absolute atomic E-state index is 0. The Labute approximate surface area is 137 Å². The van der Waals surface area contributed by atoms with E-state index in [2.05, 4.69) is 10.0 Å². The first-order valence-electron chi connectivity index (χ1n) is 6.88. The molecule has 1 aliphatic rings. The highest BCUT2D eigenvalue weighted by Gasteiger charge is 2.28. The van der Waals surface area contributed by atoms with Crippen LogP contribution in [0, 0.1) is 0 Å². The van der Waals surface area contributed by atoms with Gasteiger partial charge in [-0.1, -0.05) is 6.07 Å². The first-order chi connectivity index (χ1) is 9.73. The largest absolute Gasteiger partial charge is 0.346 e. The molecule has 1 saturated carbocycles. The Bertz CT molecular complexity index is 642. The monoisotopic (exact) mass is 347 g/mol. The predicted octanol–water partition coefficient (Wildman–Crippen LogP) is 1.02. The van der Waals surface area contributed by atoms with E-state index in [0.717, 1.165) is 12.8 Å². The van der Waals surface area contributed by atoms with E-state index in [1.165, 1.54) is 12.1 Å². The molecule has 0 bridgehead atoms. The van der Waals surface area contributed by atoms with Crippen molar-refractivity contribution in [3.8, 4) is 0 Å². The van der Waals surface area contributed by atoms with Gasteiger partial charge in [-0.05, 0) is 44.9 Å². The molecule has 0 spiro atoms. The summed E-state index contributed by atoms with van der Waals surface area (Å²) in [5.41, 5.74) is 5.33. The number of carbonyl (C=O) groups excluding carboxylic acids is 1. The lowest BCUT2D eigenvalue weighted by molar-refractivity contribution is 0.0915. The topological polar surface area (TPSA) is 101 Å². The van der Waals surface area contributed by atoms with Crippen molar-refractivity contribution in [2.24, 2.45) is 5.73 Å². The second-order valence-corrected chi connectivity index (χ2v) is 7.68. The van der Waals surface area contributed by atoms with Gasteiger partial charge in [-0.3, -0.25) is 4.79 Å². The van der Waals surface area contributed by atoms with Crippen LogP contribution in [0.2, 0.25) is 0 Å². The minimum Gasteiger partial charge on any atom is -0.346 e. The Morgan fingerprint density at radius 2 is 2.00 bits per heavy atom. The van der Waals surface area contributed by atoms with E-state index in [1.807, 2.05) is 0 Å². The predicted molar refractivity (Wildman–Crippen MR) is 87.6 cm³/mol. The average molecular weight is 348 g/mol. The fourth-order valence-electron chi connectivity index (χ4n) is 1.72. The lowest BCUT2D eigenvalue weighted by Crippen LogP contribution is -2.48. The molecule has 8 heteroatoms. The summed E-state index contributed by atoms with van der Waals surface area (Å²) in [6.45, 7) is 3.90. The highest BCUT2D eigenvalue weighted by molar-refractivity contribution is 7.89. The molecule has 4 N–H and O–H groups in total. The summed E-state index contributed by atoms with van der Waals surface area (Å²) in [5.74, 6) is -0.339. The number of rotatable bonds is 6. The number of carbonyl (C=O) groups is 1. The maximum atomic E-state index is 12.2. The molecule has 0 radical (unpaired) electrons. The van der Waals surface area contributed by atoms with Gasteiger partial charge in [0.2, 0.25) is 10.0 Å². The number of hydrogen-bond acceptors (Lipinski definition) is 4. The van der Waals surface area contributed by atoms with E-state index in [0.29, 0.717) is 12.1 Å². The third kappa shape index (κ3) is 4.95. The van der Waals surface area contributed by atoms with Gasteiger partial charge in [-0.15, -0.1) is 12.4 Å². The van der Waals surface area contributed by atoms with Crippen LogP contribution in [0.5, 0.6) is 0 Å². The van der Waals surface area contributed by atoms with Crippen LogP contribution < -0.4 is 15.8 Å². The number of amides is 1. The van der Waals surface area contributed by atoms with Crippen LogP contribution in [0.3, 0.4) is 0 Å². The molecule has 1 aliphatic carbocycles. The Morgan fingerprint density at radius 1 is 1.36 bits per heavy atom. The maximum absolute atomic E-state index is 12.2. The zero-order valence-electron chi connectivity index (χ0n) is 12.6. The molecular weight excluding hydrogens is 326 g/mol. The van der Waals surface area contributed by atoms with Crippen LogP contribution in [0.1, 0.15) is 37.0 Å². The average Bonchev–Trinajstić information content (AvgIpc) is 3.21. The first-order valence-corrected chi connectivity index (χ1v) is 8.37. The van der Waals surface area contributed by atoms with Crippen LogP contribution in [-0.4, -0.2) is 32.5 Å². The molecule has 1 aromatic rings. The molecule has 0 unspecified atom stereocenters. The molecule has 0 aliphatic heterocycles. The zero-order valence-corrected chi connectivity index (χ0v) is 14.3. The molecule has 0 aromatic heterocycles. The minimum atomic E-state index is -3.56. The smallest absolute Gasteiger partial charge is 0.251 e. The highest BCUT2D eigenvalue weighted by atomic mass is 35.5. The number of halogens is 1. The summed E-state index contributed by atoms with van der Waals surface area (Å²) in [6.07, 6.45) is 1.73. The maximum Gasteiger partial charge on any atom is 0.251 e. The van der Waals surface area contributed by atoms with Crippen molar-refractivity contribution in [1.82, 2.24) is 10.0 Å². The molecule has 22 heavy (non-hydrogen) atoms. The van der Waals surface area contributed by atoms with E-state index < -0.39 is 15.6 Å². The fraction of sp³-hybridized carbons (Fsp3) is 0.500. The van der Waals surface area contributed by atoms with Gasteiger partial charge in [0, 0.05) is 23.7 Å². The molecule has 0 saturated heterocycles. The van der Waals surface area contributed by atoms with Gasteiger partial charge in [-0.2, -0.15) is 0 Å². The standard InChI is InChI=1S/C14H21N3O3S.ClH/c1-14(2,9-15)16-13(18)10-4-3-5-12(8-10)21(19,20)17-11-6-7-11;/h3-5,8,11,17H,6-7,9,15H2,1-2H3,(H,16,18);1H. The third-order valence-electron chi connectivity index (χ3n) is 3.27. The van der Waals surface area contributed by atoms with Crippen molar-refractivity contribution in [2.45, 2.75) is 43.2 Å². The number of nitrogens with one attached hydrogen (secondary N) is 2. The summed E-state index contributed by atoms with van der Waals surface area (Å²) >= 11 is 0. The lowest BCUT2D eigenvalue weighted by atomic mass is 10.1. The van der Waals surface area contributed by atoms with Crippen LogP contribution in [0.15, 0.2) is 29.2 Å². The summed E-state index contributed by atoms with van der Waals surface area (Å²) in [6, 6.07) is 6.04. The van der Waals surface area contributed by atoms with Crippen LogP contribution in [0.25, 0.3) is 0 Å². The van der Waals surface area contributed by atoms with E-state index >= 15 is 0 Å². The normalized spacial score (nSPS) is 15.0. The third-order valence-corrected chi connectivity index (χ3v) is 4.79. The Kier molecular flexibility index (Phi) is 5.97. The van der Waals surface area contributed by atoms with Gasteiger partial charge in [0.25, 0.3) is 5.91 Å².